The van der Waals surface area contributed by atoms with E-state index in [4.69, 9.17) is 9.47 Å². The van der Waals surface area contributed by atoms with Gasteiger partial charge in [-0.05, 0) is 24.1 Å². The Labute approximate surface area is 199 Å². The smallest absolute Gasteiger partial charge is 0.369 e. The number of hydrogen-bond donors (Lipinski definition) is 2. The fourth-order valence-corrected chi connectivity index (χ4v) is 4.42. The number of ether oxygens (including phenoxy) is 2. The highest BCUT2D eigenvalue weighted by Crippen LogP contribution is 2.30. The molecule has 0 amide bonds. The Morgan fingerprint density at radius 1 is 1.24 bits per heavy atom. The molecule has 1 aromatic heterocycles. The third kappa shape index (κ3) is 7.52. The first-order valence-corrected chi connectivity index (χ1v) is 12.4. The number of hydrogen-bond acceptors (Lipinski definition) is 7. The number of unbranched alkanes of at least 4 members (excludes halogenated alkanes) is 3. The molecule has 33 heavy (non-hydrogen) atoms. The average Bonchev–Trinajstić information content (AvgIpc) is 3.27. The van der Waals surface area contributed by atoms with Crippen molar-refractivity contribution in [2.24, 2.45) is 0 Å². The highest BCUT2D eigenvalue weighted by Gasteiger charge is 2.32. The molecule has 1 aromatic carbocycles. The van der Waals surface area contributed by atoms with Gasteiger partial charge in [0.1, 0.15) is 18.0 Å². The van der Waals surface area contributed by atoms with Crippen LogP contribution in [0.2, 0.25) is 0 Å². The zero-order valence-corrected chi connectivity index (χ0v) is 20.5. The van der Waals surface area contributed by atoms with Gasteiger partial charge in [-0.3, -0.25) is 4.48 Å². The number of aromatic hydroxyl groups is 1. The Bertz CT molecular complexity index is 931. The summed E-state index contributed by atoms with van der Waals surface area (Å²) in [6, 6.07) is 6.30. The SMILES string of the molecule is CCCCCCOc1nsnc1C1=CCC[N+](C)(COC(=O)[C@@H]([NH3+])Cc2ccc(O)cc2)C1. The molecule has 0 spiro atoms. The van der Waals surface area contributed by atoms with Crippen molar-refractivity contribution >= 4 is 23.3 Å². The molecule has 2 heterocycles. The first kappa shape index (κ1) is 25.1. The molecule has 0 radical (unpaired) electrons. The van der Waals surface area contributed by atoms with Gasteiger partial charge in [0.05, 0.1) is 31.9 Å². The summed E-state index contributed by atoms with van der Waals surface area (Å²) in [6.07, 6.45) is 8.13. The summed E-state index contributed by atoms with van der Waals surface area (Å²) in [4.78, 5) is 12.6. The van der Waals surface area contributed by atoms with Crippen LogP contribution in [0.3, 0.4) is 0 Å². The molecule has 9 heteroatoms. The number of benzene rings is 1. The van der Waals surface area contributed by atoms with Crippen LogP contribution in [0.1, 0.15) is 50.3 Å². The van der Waals surface area contributed by atoms with Crippen molar-refractivity contribution in [2.75, 3.05) is 33.5 Å². The van der Waals surface area contributed by atoms with Crippen molar-refractivity contribution in [1.82, 2.24) is 8.75 Å². The number of phenols is 1. The van der Waals surface area contributed by atoms with Gasteiger partial charge in [0, 0.05) is 18.4 Å². The Hall–Kier alpha value is -2.49. The Morgan fingerprint density at radius 3 is 2.79 bits per heavy atom. The number of esters is 1. The third-order valence-corrected chi connectivity index (χ3v) is 6.39. The van der Waals surface area contributed by atoms with E-state index in [9.17, 15) is 9.90 Å². The van der Waals surface area contributed by atoms with Crippen LogP contribution in [0.5, 0.6) is 11.6 Å². The summed E-state index contributed by atoms with van der Waals surface area (Å²) in [7, 11) is 2.09. The fourth-order valence-electron chi connectivity index (χ4n) is 3.89. The van der Waals surface area contributed by atoms with Gasteiger partial charge in [-0.2, -0.15) is 4.37 Å². The third-order valence-electron chi connectivity index (χ3n) is 5.88. The second-order valence-electron chi connectivity index (χ2n) is 9.01. The molecule has 2 atom stereocenters. The van der Waals surface area contributed by atoms with Crippen molar-refractivity contribution in [3.63, 3.8) is 0 Å². The van der Waals surface area contributed by atoms with Crippen molar-refractivity contribution in [3.05, 3.63) is 41.6 Å². The van der Waals surface area contributed by atoms with E-state index in [1.165, 1.54) is 24.6 Å². The second-order valence-corrected chi connectivity index (χ2v) is 9.53. The first-order chi connectivity index (χ1) is 15.9. The Morgan fingerprint density at radius 2 is 2.03 bits per heavy atom. The van der Waals surface area contributed by atoms with Crippen molar-refractivity contribution in [1.29, 1.82) is 0 Å². The summed E-state index contributed by atoms with van der Waals surface area (Å²) in [6.45, 7) is 4.70. The minimum Gasteiger partial charge on any atom is -0.508 e. The van der Waals surface area contributed by atoms with Gasteiger partial charge in [-0.15, -0.1) is 4.37 Å². The monoisotopic (exact) mass is 476 g/mol. The maximum Gasteiger partial charge on any atom is 0.369 e. The molecule has 1 unspecified atom stereocenters. The number of likely N-dealkylation sites (N-methyl/N-ethyl adjacent to an activating group) is 1. The molecule has 1 aliphatic heterocycles. The summed E-state index contributed by atoms with van der Waals surface area (Å²) < 4.78 is 21.0. The molecule has 0 bridgehead atoms. The molecule has 0 saturated carbocycles. The number of rotatable bonds is 12. The van der Waals surface area contributed by atoms with Gasteiger partial charge < -0.3 is 20.3 Å². The van der Waals surface area contributed by atoms with Crippen LogP contribution in [0.15, 0.2) is 30.3 Å². The van der Waals surface area contributed by atoms with Crippen LogP contribution in [0.4, 0.5) is 0 Å². The molecule has 0 fully saturated rings. The largest absolute Gasteiger partial charge is 0.508 e. The van der Waals surface area contributed by atoms with E-state index in [-0.39, 0.29) is 18.4 Å². The number of carbonyl (C=O) groups is 1. The molecule has 8 nitrogen and oxygen atoms in total. The van der Waals surface area contributed by atoms with Gasteiger partial charge in [0.2, 0.25) is 6.73 Å². The van der Waals surface area contributed by atoms with Gasteiger partial charge in [-0.1, -0.05) is 44.4 Å². The molecule has 0 aliphatic carbocycles. The van der Waals surface area contributed by atoms with Crippen LogP contribution in [0, 0.1) is 0 Å². The Kier molecular flexibility index (Phi) is 9.22. The fraction of sp³-hybridized carbons (Fsp3) is 0.542. The van der Waals surface area contributed by atoms with Crippen LogP contribution in [0.25, 0.3) is 5.57 Å². The van der Waals surface area contributed by atoms with E-state index in [2.05, 4.69) is 34.5 Å². The first-order valence-electron chi connectivity index (χ1n) is 11.7. The van der Waals surface area contributed by atoms with E-state index < -0.39 is 6.04 Å². The summed E-state index contributed by atoms with van der Waals surface area (Å²) >= 11 is 1.17. The Balaban J connectivity index is 1.51. The lowest BCUT2D eigenvalue weighted by molar-refractivity contribution is -0.919. The molecule has 0 saturated heterocycles. The lowest BCUT2D eigenvalue weighted by atomic mass is 10.1. The minimum absolute atomic E-state index is 0.202. The van der Waals surface area contributed by atoms with Gasteiger partial charge in [0.25, 0.3) is 5.88 Å². The van der Waals surface area contributed by atoms with Crippen molar-refractivity contribution < 1.29 is 29.6 Å². The molecule has 4 N–H and O–H groups in total. The normalized spacial score (nSPS) is 19.1. The van der Waals surface area contributed by atoms with E-state index in [0.29, 0.717) is 29.9 Å². The van der Waals surface area contributed by atoms with E-state index >= 15 is 0 Å². The van der Waals surface area contributed by atoms with Gasteiger partial charge in [0.15, 0.2) is 6.04 Å². The topological polar surface area (TPSA) is 109 Å². The number of quaternary nitrogens is 2. The van der Waals surface area contributed by atoms with Gasteiger partial charge >= 0.3 is 5.97 Å². The molecule has 3 rings (SSSR count). The molecular formula is C24H36N4O4S+2. The van der Waals surface area contributed by atoms with Crippen LogP contribution in [-0.4, -0.2) is 63.8 Å². The van der Waals surface area contributed by atoms with Crippen molar-refractivity contribution in [3.8, 4) is 11.6 Å². The second kappa shape index (κ2) is 12.1. The number of nitrogens with zero attached hydrogens (tertiary/aromatic N) is 3. The number of phenolic OH excluding ortho intramolecular Hbond substituents is 1. The minimum atomic E-state index is -0.503. The predicted molar refractivity (Wildman–Crippen MR) is 128 cm³/mol. The van der Waals surface area contributed by atoms with Crippen LogP contribution < -0.4 is 10.5 Å². The van der Waals surface area contributed by atoms with Crippen LogP contribution >= 0.6 is 11.7 Å². The summed E-state index contributed by atoms with van der Waals surface area (Å²) in [5.41, 5.74) is 6.81. The molecular weight excluding hydrogens is 440 g/mol. The van der Waals surface area contributed by atoms with E-state index in [0.717, 1.165) is 42.6 Å². The lowest BCUT2D eigenvalue weighted by Gasteiger charge is -2.36. The molecule has 1 aliphatic rings. The maximum atomic E-state index is 12.6. The molecule has 180 valence electrons. The van der Waals surface area contributed by atoms with E-state index in [1.807, 2.05) is 0 Å². The van der Waals surface area contributed by atoms with Gasteiger partial charge in [-0.25, -0.2) is 4.79 Å². The highest BCUT2D eigenvalue weighted by molar-refractivity contribution is 6.99. The van der Waals surface area contributed by atoms with Crippen molar-refractivity contribution in [2.45, 2.75) is 51.5 Å². The molecule has 2 aromatic rings. The quantitative estimate of drug-likeness (QED) is 0.277. The van der Waals surface area contributed by atoms with Crippen LogP contribution in [-0.2, 0) is 16.0 Å². The zero-order valence-electron chi connectivity index (χ0n) is 19.7. The number of carbonyl (C=O) groups excluding carboxylic acids is 1. The van der Waals surface area contributed by atoms with E-state index in [1.54, 1.807) is 24.3 Å². The summed E-state index contributed by atoms with van der Waals surface area (Å²) in [5, 5.41) is 9.41. The summed E-state index contributed by atoms with van der Waals surface area (Å²) in [5.74, 6) is 0.499. The highest BCUT2D eigenvalue weighted by atomic mass is 32.1. The number of aromatic nitrogens is 2. The standard InChI is InChI=1S/C24H34N4O4S/c1-3-4-5-6-14-31-23-22(26-33-27-23)19-8-7-13-28(2,16-19)17-32-24(30)21(25)15-18-9-11-20(29)12-10-18/h8-12,21H,3-7,13-17,25H2,1-2H3/p+2/t21-,28?/m0/s1. The average molecular weight is 477 g/mol. The maximum absolute atomic E-state index is 12.6. The lowest BCUT2D eigenvalue weighted by Crippen LogP contribution is -2.67. The predicted octanol–water partition coefficient (Wildman–Crippen LogP) is 2.79. The zero-order chi connectivity index (χ0) is 23.7.